The van der Waals surface area contributed by atoms with Crippen LogP contribution < -0.4 is 5.73 Å². The molecule has 1 aliphatic rings. The van der Waals surface area contributed by atoms with E-state index in [4.69, 9.17) is 10.2 Å². The predicted molar refractivity (Wildman–Crippen MR) is 51.5 cm³/mol. The zero-order chi connectivity index (χ0) is 8.84. The van der Waals surface area contributed by atoms with Gasteiger partial charge in [-0.2, -0.15) is 0 Å². The van der Waals surface area contributed by atoms with E-state index in [1.54, 1.807) is 0 Å². The van der Waals surface area contributed by atoms with Crippen molar-refractivity contribution in [1.82, 2.24) is 0 Å². The van der Waals surface area contributed by atoms with E-state index in [1.807, 2.05) is 24.5 Å². The number of rotatable bonds is 1. The standard InChI is InChI=1S/C11H11NO/c12-10-5-8(10)9-6-13-11-4-2-1-3-7(9)11/h1-4,6,8,10H,5,12H2. The van der Waals surface area contributed by atoms with Crippen molar-refractivity contribution in [2.24, 2.45) is 5.73 Å². The Morgan fingerprint density at radius 1 is 1.31 bits per heavy atom. The first-order chi connectivity index (χ1) is 6.36. The lowest BCUT2D eigenvalue weighted by Gasteiger charge is -1.92. The highest BCUT2D eigenvalue weighted by Crippen LogP contribution is 2.42. The highest BCUT2D eigenvalue weighted by molar-refractivity contribution is 5.82. The molecule has 1 fully saturated rings. The van der Waals surface area contributed by atoms with E-state index >= 15 is 0 Å². The van der Waals surface area contributed by atoms with Gasteiger partial charge in [-0.05, 0) is 12.5 Å². The molecular weight excluding hydrogens is 162 g/mol. The van der Waals surface area contributed by atoms with Gasteiger partial charge in [0.1, 0.15) is 5.58 Å². The van der Waals surface area contributed by atoms with Gasteiger partial charge in [0.05, 0.1) is 6.26 Å². The lowest BCUT2D eigenvalue weighted by molar-refractivity contribution is 0.610. The Bertz CT molecular complexity index is 446. The molecule has 1 aliphatic carbocycles. The quantitative estimate of drug-likeness (QED) is 0.718. The smallest absolute Gasteiger partial charge is 0.134 e. The van der Waals surface area contributed by atoms with Crippen molar-refractivity contribution >= 4 is 11.0 Å². The fraction of sp³-hybridized carbons (Fsp3) is 0.273. The summed E-state index contributed by atoms with van der Waals surface area (Å²) in [5.41, 5.74) is 8.06. The molecule has 0 bridgehead atoms. The van der Waals surface area contributed by atoms with Gasteiger partial charge in [-0.15, -0.1) is 0 Å². The third-order valence-corrected chi connectivity index (χ3v) is 2.75. The maximum Gasteiger partial charge on any atom is 0.134 e. The van der Waals surface area contributed by atoms with Gasteiger partial charge in [-0.3, -0.25) is 0 Å². The summed E-state index contributed by atoms with van der Waals surface area (Å²) in [6.45, 7) is 0. The molecular formula is C11H11NO. The molecule has 0 spiro atoms. The summed E-state index contributed by atoms with van der Waals surface area (Å²) in [6, 6.07) is 8.46. The number of fused-ring (bicyclic) bond motifs is 1. The SMILES string of the molecule is NC1CC1c1coc2ccccc12. The highest BCUT2D eigenvalue weighted by atomic mass is 16.3. The first kappa shape index (κ1) is 7.15. The zero-order valence-electron chi connectivity index (χ0n) is 7.23. The van der Waals surface area contributed by atoms with Crippen LogP contribution in [0.25, 0.3) is 11.0 Å². The Balaban J connectivity index is 2.19. The lowest BCUT2D eigenvalue weighted by atomic mass is 10.1. The molecule has 0 aliphatic heterocycles. The van der Waals surface area contributed by atoms with E-state index < -0.39 is 0 Å². The first-order valence-corrected chi connectivity index (χ1v) is 4.58. The van der Waals surface area contributed by atoms with Crippen molar-refractivity contribution < 1.29 is 4.42 Å². The van der Waals surface area contributed by atoms with Crippen molar-refractivity contribution in [2.45, 2.75) is 18.4 Å². The van der Waals surface area contributed by atoms with Crippen LogP contribution in [-0.2, 0) is 0 Å². The van der Waals surface area contributed by atoms with Crippen LogP contribution in [0.3, 0.4) is 0 Å². The Hall–Kier alpha value is -1.28. The van der Waals surface area contributed by atoms with Crippen molar-refractivity contribution in [3.63, 3.8) is 0 Å². The van der Waals surface area contributed by atoms with Crippen molar-refractivity contribution in [2.75, 3.05) is 0 Å². The molecule has 1 heterocycles. The van der Waals surface area contributed by atoms with E-state index in [9.17, 15) is 0 Å². The molecule has 0 amide bonds. The minimum atomic E-state index is 0.348. The van der Waals surface area contributed by atoms with Crippen molar-refractivity contribution in [3.05, 3.63) is 36.1 Å². The summed E-state index contributed by atoms with van der Waals surface area (Å²) < 4.78 is 5.44. The molecule has 1 aromatic carbocycles. The summed E-state index contributed by atoms with van der Waals surface area (Å²) in [5, 5.41) is 1.22. The van der Waals surface area contributed by atoms with Crippen LogP contribution in [0.1, 0.15) is 17.9 Å². The molecule has 2 aromatic rings. The van der Waals surface area contributed by atoms with Crippen LogP contribution in [0.4, 0.5) is 0 Å². The van der Waals surface area contributed by atoms with Gasteiger partial charge in [-0.25, -0.2) is 0 Å². The van der Waals surface area contributed by atoms with Gasteiger partial charge >= 0.3 is 0 Å². The van der Waals surface area contributed by atoms with Gasteiger partial charge in [-0.1, -0.05) is 18.2 Å². The molecule has 2 nitrogen and oxygen atoms in total. The normalized spacial score (nSPS) is 26.5. The van der Waals surface area contributed by atoms with Crippen LogP contribution in [-0.4, -0.2) is 6.04 Å². The molecule has 13 heavy (non-hydrogen) atoms. The summed E-state index contributed by atoms with van der Waals surface area (Å²) in [5.74, 6) is 0.531. The summed E-state index contributed by atoms with van der Waals surface area (Å²) in [7, 11) is 0. The van der Waals surface area contributed by atoms with Crippen LogP contribution in [0.15, 0.2) is 34.9 Å². The van der Waals surface area contributed by atoms with Crippen LogP contribution in [0.5, 0.6) is 0 Å². The second-order valence-corrected chi connectivity index (χ2v) is 3.69. The monoisotopic (exact) mass is 173 g/mol. The van der Waals surface area contributed by atoms with E-state index in [0.29, 0.717) is 12.0 Å². The van der Waals surface area contributed by atoms with Crippen molar-refractivity contribution in [3.8, 4) is 0 Å². The molecule has 2 heteroatoms. The highest BCUT2D eigenvalue weighted by Gasteiger charge is 2.36. The lowest BCUT2D eigenvalue weighted by Crippen LogP contribution is -2.00. The summed E-state index contributed by atoms with van der Waals surface area (Å²) in [6.07, 6.45) is 2.95. The molecule has 66 valence electrons. The number of hydrogen-bond donors (Lipinski definition) is 1. The van der Waals surface area contributed by atoms with E-state index in [0.717, 1.165) is 12.0 Å². The number of furan rings is 1. The molecule has 0 saturated heterocycles. The number of nitrogens with two attached hydrogens (primary N) is 1. The number of hydrogen-bond acceptors (Lipinski definition) is 2. The van der Waals surface area contributed by atoms with Crippen LogP contribution in [0.2, 0.25) is 0 Å². The molecule has 2 unspecified atom stereocenters. The van der Waals surface area contributed by atoms with E-state index in [2.05, 4.69) is 6.07 Å². The second kappa shape index (κ2) is 2.36. The molecule has 2 N–H and O–H groups in total. The molecule has 3 rings (SSSR count). The van der Waals surface area contributed by atoms with Gasteiger partial charge in [0.25, 0.3) is 0 Å². The van der Waals surface area contributed by atoms with Crippen LogP contribution in [0, 0.1) is 0 Å². The van der Waals surface area contributed by atoms with Gasteiger partial charge in [0, 0.05) is 22.9 Å². The number of benzene rings is 1. The molecule has 1 aromatic heterocycles. The van der Waals surface area contributed by atoms with E-state index in [-0.39, 0.29) is 0 Å². The topological polar surface area (TPSA) is 39.2 Å². The Labute approximate surface area is 76.3 Å². The third-order valence-electron chi connectivity index (χ3n) is 2.75. The van der Waals surface area contributed by atoms with Crippen molar-refractivity contribution in [1.29, 1.82) is 0 Å². The third kappa shape index (κ3) is 0.988. The number of para-hydroxylation sites is 1. The average Bonchev–Trinajstić information content (AvgIpc) is 2.74. The molecule has 0 radical (unpaired) electrons. The summed E-state index contributed by atoms with van der Waals surface area (Å²) in [4.78, 5) is 0. The minimum Gasteiger partial charge on any atom is -0.464 e. The Kier molecular flexibility index (Phi) is 1.30. The fourth-order valence-electron chi connectivity index (χ4n) is 1.86. The Morgan fingerprint density at radius 2 is 2.08 bits per heavy atom. The minimum absolute atomic E-state index is 0.348. The first-order valence-electron chi connectivity index (χ1n) is 4.58. The van der Waals surface area contributed by atoms with Gasteiger partial charge in [0.2, 0.25) is 0 Å². The van der Waals surface area contributed by atoms with Crippen LogP contribution >= 0.6 is 0 Å². The van der Waals surface area contributed by atoms with Gasteiger partial charge in [0.15, 0.2) is 0 Å². The zero-order valence-corrected chi connectivity index (χ0v) is 7.23. The van der Waals surface area contributed by atoms with E-state index in [1.165, 1.54) is 10.9 Å². The maximum absolute atomic E-state index is 5.81. The largest absolute Gasteiger partial charge is 0.464 e. The van der Waals surface area contributed by atoms with Gasteiger partial charge < -0.3 is 10.2 Å². The molecule has 2 atom stereocenters. The predicted octanol–water partition coefficient (Wildman–Crippen LogP) is 2.25. The maximum atomic E-state index is 5.81. The Morgan fingerprint density at radius 3 is 2.85 bits per heavy atom. The fourth-order valence-corrected chi connectivity index (χ4v) is 1.86. The molecule has 1 saturated carbocycles. The summed E-state index contributed by atoms with van der Waals surface area (Å²) >= 11 is 0. The second-order valence-electron chi connectivity index (χ2n) is 3.69. The average molecular weight is 173 g/mol.